The van der Waals surface area contributed by atoms with Crippen LogP contribution < -0.4 is 4.90 Å². The highest BCUT2D eigenvalue weighted by Gasteiger charge is 2.28. The number of carbonyl (C=O) groups is 1. The Kier molecular flexibility index (Phi) is 5.03. The number of hydrogen-bond acceptors (Lipinski definition) is 5. The van der Waals surface area contributed by atoms with E-state index in [4.69, 9.17) is 4.98 Å². The lowest BCUT2D eigenvalue weighted by atomic mass is 10.1. The lowest BCUT2D eigenvalue weighted by molar-refractivity contribution is 0.0742. The predicted molar refractivity (Wildman–Crippen MR) is 119 cm³/mol. The lowest BCUT2D eigenvalue weighted by Crippen LogP contribution is -2.49. The predicted octanol–water partition coefficient (Wildman–Crippen LogP) is 3.96. The molecular weight excluding hydrogens is 394 g/mol. The largest absolute Gasteiger partial charge is 0.353 e. The molecule has 30 heavy (non-hydrogen) atoms. The highest BCUT2D eigenvalue weighted by molar-refractivity contribution is 7.17. The van der Waals surface area contributed by atoms with Gasteiger partial charge in [0.2, 0.25) is 0 Å². The first-order valence-electron chi connectivity index (χ1n) is 9.94. The van der Waals surface area contributed by atoms with Gasteiger partial charge in [-0.3, -0.25) is 4.79 Å². The van der Waals surface area contributed by atoms with E-state index in [2.05, 4.69) is 9.88 Å². The third-order valence-corrected chi connectivity index (χ3v) is 6.34. The van der Waals surface area contributed by atoms with Crippen LogP contribution in [-0.2, 0) is 0 Å². The molecule has 7 heteroatoms. The van der Waals surface area contributed by atoms with Gasteiger partial charge >= 0.3 is 0 Å². The summed E-state index contributed by atoms with van der Waals surface area (Å²) in [7, 11) is 0. The molecule has 0 atom stereocenters. The number of hydrogen-bond donors (Lipinski definition) is 0. The summed E-state index contributed by atoms with van der Waals surface area (Å²) in [5.74, 6) is 0.947. The fraction of sp³-hybridized carbons (Fsp3) is 0.174. The first kappa shape index (κ1) is 18.6. The molecule has 1 saturated heterocycles. The van der Waals surface area contributed by atoms with Gasteiger partial charge in [-0.1, -0.05) is 47.7 Å². The first-order chi connectivity index (χ1) is 14.8. The molecule has 5 rings (SSSR count). The zero-order valence-electron chi connectivity index (χ0n) is 16.4. The maximum Gasteiger partial charge on any atom is 0.274 e. The third-order valence-electron chi connectivity index (χ3n) is 5.22. The quantitative estimate of drug-likeness (QED) is 0.506. The van der Waals surface area contributed by atoms with Crippen molar-refractivity contribution in [3.63, 3.8) is 0 Å². The molecule has 1 aromatic carbocycles. The molecule has 1 aliphatic heterocycles. The molecular formula is C23H21N5OS. The first-order valence-corrected chi connectivity index (χ1v) is 10.8. The van der Waals surface area contributed by atoms with Crippen molar-refractivity contribution in [2.45, 2.75) is 0 Å². The minimum atomic E-state index is -0.0100. The smallest absolute Gasteiger partial charge is 0.274 e. The van der Waals surface area contributed by atoms with Crippen LogP contribution in [0.5, 0.6) is 0 Å². The van der Waals surface area contributed by atoms with Crippen LogP contribution in [0.4, 0.5) is 5.82 Å². The van der Waals surface area contributed by atoms with Crippen molar-refractivity contribution in [2.24, 2.45) is 0 Å². The molecule has 6 nitrogen and oxygen atoms in total. The van der Waals surface area contributed by atoms with Crippen molar-refractivity contribution in [2.75, 3.05) is 31.1 Å². The minimum absolute atomic E-state index is 0.0100. The van der Waals surface area contributed by atoms with Gasteiger partial charge in [-0.05, 0) is 29.8 Å². The Morgan fingerprint density at radius 2 is 1.60 bits per heavy atom. The van der Waals surface area contributed by atoms with Crippen molar-refractivity contribution in [3.05, 3.63) is 84.9 Å². The van der Waals surface area contributed by atoms with Crippen molar-refractivity contribution < 1.29 is 4.79 Å². The zero-order chi connectivity index (χ0) is 20.3. The fourth-order valence-electron chi connectivity index (χ4n) is 3.64. The Bertz CT molecular complexity index is 1120. The normalized spacial score (nSPS) is 14.1. The summed E-state index contributed by atoms with van der Waals surface area (Å²) in [5.41, 5.74) is 1.55. The monoisotopic (exact) mass is 415 g/mol. The van der Waals surface area contributed by atoms with Gasteiger partial charge in [0, 0.05) is 44.8 Å². The summed E-state index contributed by atoms with van der Waals surface area (Å²) >= 11 is 1.54. The van der Waals surface area contributed by atoms with E-state index in [1.54, 1.807) is 17.5 Å². The summed E-state index contributed by atoms with van der Waals surface area (Å²) in [5, 5.41) is 0.800. The van der Waals surface area contributed by atoms with Gasteiger partial charge in [-0.25, -0.2) is 9.97 Å². The van der Waals surface area contributed by atoms with Crippen LogP contribution in [0.15, 0.2) is 79.3 Å². The van der Waals surface area contributed by atoms with Crippen molar-refractivity contribution in [3.8, 4) is 15.6 Å². The molecule has 0 N–H and O–H groups in total. The van der Waals surface area contributed by atoms with E-state index >= 15 is 0 Å². The molecule has 0 aliphatic carbocycles. The van der Waals surface area contributed by atoms with Crippen LogP contribution in [0.2, 0.25) is 0 Å². The number of thiazole rings is 1. The highest BCUT2D eigenvalue weighted by atomic mass is 32.1. The van der Waals surface area contributed by atoms with Crippen molar-refractivity contribution >= 4 is 23.1 Å². The molecule has 1 fully saturated rings. The molecule has 1 amide bonds. The number of amides is 1. The number of carbonyl (C=O) groups excluding carboxylic acids is 1. The SMILES string of the molecule is O=C(c1nc(-n2cccc2)sc1-c1ccccc1)N1CCN(c2ccccn2)CC1. The van der Waals surface area contributed by atoms with E-state index in [1.165, 1.54) is 0 Å². The van der Waals surface area contributed by atoms with E-state index in [-0.39, 0.29) is 5.91 Å². The van der Waals surface area contributed by atoms with Gasteiger partial charge in [0.1, 0.15) is 11.5 Å². The molecule has 0 radical (unpaired) electrons. The highest BCUT2D eigenvalue weighted by Crippen LogP contribution is 2.33. The van der Waals surface area contributed by atoms with E-state index in [1.807, 2.05) is 82.5 Å². The van der Waals surface area contributed by atoms with Gasteiger partial charge in [0.15, 0.2) is 5.13 Å². The summed E-state index contributed by atoms with van der Waals surface area (Å²) in [6.45, 7) is 2.83. The minimum Gasteiger partial charge on any atom is -0.353 e. The van der Waals surface area contributed by atoms with Gasteiger partial charge in [-0.2, -0.15) is 0 Å². The van der Waals surface area contributed by atoms with E-state index in [9.17, 15) is 4.79 Å². The van der Waals surface area contributed by atoms with Crippen LogP contribution in [-0.4, -0.2) is 51.5 Å². The number of anilines is 1. The van der Waals surface area contributed by atoms with E-state index in [0.29, 0.717) is 18.8 Å². The number of benzene rings is 1. The second-order valence-electron chi connectivity index (χ2n) is 7.10. The van der Waals surface area contributed by atoms with Crippen molar-refractivity contribution in [1.82, 2.24) is 19.4 Å². The Labute approximate surface area is 179 Å². The summed E-state index contributed by atoms with van der Waals surface area (Å²) in [4.78, 5) is 27.7. The van der Waals surface area contributed by atoms with Crippen LogP contribution >= 0.6 is 11.3 Å². The number of piperazine rings is 1. The van der Waals surface area contributed by atoms with Gasteiger partial charge in [0.25, 0.3) is 5.91 Å². The van der Waals surface area contributed by atoms with Crippen LogP contribution in [0.3, 0.4) is 0 Å². The Hall–Kier alpha value is -3.45. The topological polar surface area (TPSA) is 54.3 Å². The second-order valence-corrected chi connectivity index (χ2v) is 8.08. The molecule has 1 aliphatic rings. The zero-order valence-corrected chi connectivity index (χ0v) is 17.2. The third kappa shape index (κ3) is 3.59. The number of aromatic nitrogens is 3. The summed E-state index contributed by atoms with van der Waals surface area (Å²) in [6.07, 6.45) is 5.71. The van der Waals surface area contributed by atoms with Crippen molar-refractivity contribution in [1.29, 1.82) is 0 Å². The molecule has 4 heterocycles. The molecule has 3 aromatic heterocycles. The average molecular weight is 416 g/mol. The Balaban J connectivity index is 1.41. The number of rotatable bonds is 4. The lowest BCUT2D eigenvalue weighted by Gasteiger charge is -2.35. The molecule has 4 aromatic rings. The second kappa shape index (κ2) is 8.12. The molecule has 150 valence electrons. The number of nitrogens with zero attached hydrogens (tertiary/aromatic N) is 5. The van der Waals surface area contributed by atoms with E-state index < -0.39 is 0 Å². The maximum absolute atomic E-state index is 13.4. The van der Waals surface area contributed by atoms with Gasteiger partial charge in [-0.15, -0.1) is 0 Å². The summed E-state index contributed by atoms with van der Waals surface area (Å²) < 4.78 is 1.95. The van der Waals surface area contributed by atoms with Gasteiger partial charge < -0.3 is 14.4 Å². The Morgan fingerprint density at radius 1 is 0.867 bits per heavy atom. The average Bonchev–Trinajstić information content (AvgIpc) is 3.50. The number of pyridine rings is 1. The molecule has 0 spiro atoms. The Morgan fingerprint density at radius 3 is 2.30 bits per heavy atom. The maximum atomic E-state index is 13.4. The summed E-state index contributed by atoms with van der Waals surface area (Å²) in [6, 6.07) is 19.9. The van der Waals surface area contributed by atoms with Crippen LogP contribution in [0.1, 0.15) is 10.5 Å². The van der Waals surface area contributed by atoms with E-state index in [0.717, 1.165) is 34.5 Å². The van der Waals surface area contributed by atoms with Crippen LogP contribution in [0, 0.1) is 0 Å². The molecule has 0 unspecified atom stereocenters. The molecule has 0 bridgehead atoms. The fourth-order valence-corrected chi connectivity index (χ4v) is 4.67. The standard InChI is InChI=1S/C23H21N5OS/c29-22(27-16-14-26(15-17-27)19-10-4-5-11-24-19)20-21(18-8-2-1-3-9-18)30-23(25-20)28-12-6-7-13-28/h1-13H,14-17H2. The van der Waals surface area contributed by atoms with Gasteiger partial charge in [0.05, 0.1) is 4.88 Å². The van der Waals surface area contributed by atoms with Crippen LogP contribution in [0.25, 0.3) is 15.6 Å². The molecule has 0 saturated carbocycles.